The van der Waals surface area contributed by atoms with Crippen molar-refractivity contribution in [2.45, 2.75) is 39.4 Å². The zero-order chi connectivity index (χ0) is 21.8. The van der Waals surface area contributed by atoms with E-state index in [2.05, 4.69) is 10.3 Å². The number of nitrogens with one attached hydrogen (secondary N) is 1. The molecule has 1 amide bonds. The van der Waals surface area contributed by atoms with Gasteiger partial charge in [-0.25, -0.2) is 9.78 Å². The van der Waals surface area contributed by atoms with Crippen molar-refractivity contribution in [1.82, 2.24) is 9.55 Å². The Morgan fingerprint density at radius 3 is 2.53 bits per heavy atom. The molecule has 9 heteroatoms. The van der Waals surface area contributed by atoms with E-state index in [4.69, 9.17) is 4.74 Å². The molecule has 0 saturated carbocycles. The van der Waals surface area contributed by atoms with E-state index in [0.29, 0.717) is 39.8 Å². The van der Waals surface area contributed by atoms with Gasteiger partial charge in [0.1, 0.15) is 4.83 Å². The molecule has 0 fully saturated rings. The number of nitrogens with zero attached hydrogens (tertiary/aromatic N) is 2. The summed E-state index contributed by atoms with van der Waals surface area (Å²) in [6.45, 7) is 8.33. The molecule has 0 atom stereocenters. The summed E-state index contributed by atoms with van der Waals surface area (Å²) in [5, 5.41) is 3.98. The minimum atomic E-state index is -0.399. The molecule has 7 nitrogen and oxygen atoms in total. The average Bonchev–Trinajstić information content (AvgIpc) is 3.01. The summed E-state index contributed by atoms with van der Waals surface area (Å²) in [5.41, 5.74) is 1.90. The van der Waals surface area contributed by atoms with Gasteiger partial charge in [-0.05, 0) is 57.5 Å². The molecule has 1 aromatic carbocycles. The number of benzene rings is 1. The molecule has 1 N–H and O–H groups in total. The monoisotopic (exact) mass is 445 g/mol. The molecule has 0 aliphatic heterocycles. The Kier molecular flexibility index (Phi) is 6.94. The first-order chi connectivity index (χ1) is 14.3. The Morgan fingerprint density at radius 2 is 1.90 bits per heavy atom. The number of aromatic nitrogens is 2. The second kappa shape index (κ2) is 9.44. The number of aryl methyl sites for hydroxylation is 2. The van der Waals surface area contributed by atoms with Crippen LogP contribution < -0.4 is 10.9 Å². The summed E-state index contributed by atoms with van der Waals surface area (Å²) < 4.78 is 6.55. The van der Waals surface area contributed by atoms with Gasteiger partial charge in [-0.1, -0.05) is 11.8 Å². The van der Waals surface area contributed by atoms with E-state index in [0.717, 1.165) is 10.4 Å². The van der Waals surface area contributed by atoms with Crippen LogP contribution in [0.2, 0.25) is 0 Å². The van der Waals surface area contributed by atoms with E-state index in [1.807, 2.05) is 20.8 Å². The Hall–Kier alpha value is -2.65. The molecule has 2 heterocycles. The molecule has 0 aliphatic rings. The number of carbonyl (C=O) groups is 2. The van der Waals surface area contributed by atoms with Crippen LogP contribution in [-0.4, -0.2) is 33.8 Å². The fourth-order valence-electron chi connectivity index (χ4n) is 2.93. The van der Waals surface area contributed by atoms with Crippen LogP contribution in [0.1, 0.15) is 34.6 Å². The summed E-state index contributed by atoms with van der Waals surface area (Å²) in [6.07, 6.45) is 0. The maximum absolute atomic E-state index is 12.9. The number of hydrogen-bond donors (Lipinski definition) is 1. The molecule has 2 aromatic heterocycles. The first-order valence-corrected chi connectivity index (χ1v) is 11.4. The number of anilines is 1. The van der Waals surface area contributed by atoms with Crippen LogP contribution in [0.25, 0.3) is 10.2 Å². The van der Waals surface area contributed by atoms with Crippen LogP contribution in [0.4, 0.5) is 5.69 Å². The molecule has 0 radical (unpaired) electrons. The molecular formula is C21H23N3O4S2. The number of esters is 1. The molecular weight excluding hydrogens is 422 g/mol. The Bertz CT molecular complexity index is 1150. The van der Waals surface area contributed by atoms with Gasteiger partial charge in [-0.3, -0.25) is 14.2 Å². The summed E-state index contributed by atoms with van der Waals surface area (Å²) in [6, 6.07) is 6.51. The van der Waals surface area contributed by atoms with E-state index in [1.54, 1.807) is 35.8 Å². The average molecular weight is 446 g/mol. The van der Waals surface area contributed by atoms with Gasteiger partial charge in [0.25, 0.3) is 5.56 Å². The zero-order valence-electron chi connectivity index (χ0n) is 17.3. The normalized spacial score (nSPS) is 10.9. The van der Waals surface area contributed by atoms with Gasteiger partial charge < -0.3 is 10.1 Å². The molecule has 0 saturated heterocycles. The zero-order valence-corrected chi connectivity index (χ0v) is 18.9. The third-order valence-corrected chi connectivity index (χ3v) is 6.66. The standard InChI is InChI=1S/C21H23N3O4S2/c1-5-24-19(26)17-12(3)13(4)30-18(17)23-21(24)29-11-16(25)22-15-9-7-14(8-10-15)20(27)28-6-2/h7-10H,5-6,11H2,1-4H3,(H,22,25). The molecule has 158 valence electrons. The van der Waals surface area contributed by atoms with Gasteiger partial charge in [0.05, 0.1) is 23.3 Å². The maximum Gasteiger partial charge on any atom is 0.338 e. The van der Waals surface area contributed by atoms with Crippen molar-refractivity contribution in [3.8, 4) is 0 Å². The van der Waals surface area contributed by atoms with Crippen LogP contribution in [0.5, 0.6) is 0 Å². The maximum atomic E-state index is 12.9. The number of thiophene rings is 1. The largest absolute Gasteiger partial charge is 0.462 e. The molecule has 0 unspecified atom stereocenters. The predicted molar refractivity (Wildman–Crippen MR) is 121 cm³/mol. The number of amides is 1. The third-order valence-electron chi connectivity index (χ3n) is 4.58. The van der Waals surface area contributed by atoms with E-state index in [9.17, 15) is 14.4 Å². The lowest BCUT2D eigenvalue weighted by molar-refractivity contribution is -0.113. The summed E-state index contributed by atoms with van der Waals surface area (Å²) in [7, 11) is 0. The van der Waals surface area contributed by atoms with Gasteiger partial charge in [0.2, 0.25) is 5.91 Å². The second-order valence-corrected chi connectivity index (χ2v) is 8.69. The van der Waals surface area contributed by atoms with Gasteiger partial charge in [0.15, 0.2) is 5.16 Å². The second-order valence-electron chi connectivity index (χ2n) is 6.54. The number of fused-ring (bicyclic) bond motifs is 1. The fraction of sp³-hybridized carbons (Fsp3) is 0.333. The van der Waals surface area contributed by atoms with Crippen molar-refractivity contribution >= 4 is 50.9 Å². The number of hydrogen-bond acceptors (Lipinski definition) is 7. The highest BCUT2D eigenvalue weighted by Crippen LogP contribution is 2.28. The van der Waals surface area contributed by atoms with E-state index in [1.165, 1.54) is 23.1 Å². The third kappa shape index (κ3) is 4.57. The molecule has 3 aromatic rings. The van der Waals surface area contributed by atoms with Crippen molar-refractivity contribution < 1.29 is 14.3 Å². The SMILES string of the molecule is CCOC(=O)c1ccc(NC(=O)CSc2nc3sc(C)c(C)c3c(=O)n2CC)cc1. The Labute approximate surface area is 182 Å². The lowest BCUT2D eigenvalue weighted by atomic mass is 10.2. The van der Waals surface area contributed by atoms with Gasteiger partial charge in [-0.15, -0.1) is 11.3 Å². The highest BCUT2D eigenvalue weighted by Gasteiger charge is 2.17. The number of carbonyl (C=O) groups excluding carboxylic acids is 2. The van der Waals surface area contributed by atoms with Crippen molar-refractivity contribution in [3.05, 3.63) is 50.6 Å². The van der Waals surface area contributed by atoms with Crippen molar-refractivity contribution in [1.29, 1.82) is 0 Å². The Balaban J connectivity index is 1.71. The van der Waals surface area contributed by atoms with Crippen molar-refractivity contribution in [2.24, 2.45) is 0 Å². The van der Waals surface area contributed by atoms with Crippen LogP contribution in [0.3, 0.4) is 0 Å². The van der Waals surface area contributed by atoms with E-state index in [-0.39, 0.29) is 17.2 Å². The van der Waals surface area contributed by atoms with Crippen LogP contribution in [0.15, 0.2) is 34.2 Å². The first kappa shape index (κ1) is 22.0. The molecule has 30 heavy (non-hydrogen) atoms. The fourth-order valence-corrected chi connectivity index (χ4v) is 4.86. The predicted octanol–water partition coefficient (Wildman–Crippen LogP) is 4.00. The van der Waals surface area contributed by atoms with Crippen molar-refractivity contribution in [3.63, 3.8) is 0 Å². The van der Waals surface area contributed by atoms with E-state index >= 15 is 0 Å². The number of thioether (sulfide) groups is 1. The first-order valence-electron chi connectivity index (χ1n) is 9.56. The van der Waals surface area contributed by atoms with Gasteiger partial charge >= 0.3 is 5.97 Å². The summed E-state index contributed by atoms with van der Waals surface area (Å²) >= 11 is 2.72. The van der Waals surface area contributed by atoms with Crippen LogP contribution >= 0.6 is 23.1 Å². The molecule has 0 bridgehead atoms. The lowest BCUT2D eigenvalue weighted by Crippen LogP contribution is -2.23. The van der Waals surface area contributed by atoms with Crippen molar-refractivity contribution in [2.75, 3.05) is 17.7 Å². The highest BCUT2D eigenvalue weighted by atomic mass is 32.2. The molecule has 0 spiro atoms. The van der Waals surface area contributed by atoms with Crippen LogP contribution in [-0.2, 0) is 16.1 Å². The molecule has 0 aliphatic carbocycles. The van der Waals surface area contributed by atoms with Crippen LogP contribution in [0, 0.1) is 13.8 Å². The van der Waals surface area contributed by atoms with Gasteiger partial charge in [0, 0.05) is 17.1 Å². The summed E-state index contributed by atoms with van der Waals surface area (Å²) in [5.74, 6) is -0.510. The smallest absolute Gasteiger partial charge is 0.338 e. The topological polar surface area (TPSA) is 90.3 Å². The van der Waals surface area contributed by atoms with Gasteiger partial charge in [-0.2, -0.15) is 0 Å². The summed E-state index contributed by atoms with van der Waals surface area (Å²) in [4.78, 5) is 43.3. The minimum Gasteiger partial charge on any atom is -0.462 e. The highest BCUT2D eigenvalue weighted by molar-refractivity contribution is 7.99. The number of ether oxygens (including phenoxy) is 1. The quantitative estimate of drug-likeness (QED) is 0.336. The Morgan fingerprint density at radius 1 is 1.20 bits per heavy atom. The van der Waals surface area contributed by atoms with E-state index < -0.39 is 5.97 Å². The minimum absolute atomic E-state index is 0.0678. The number of rotatable bonds is 7. The lowest BCUT2D eigenvalue weighted by Gasteiger charge is -2.10. The molecule has 3 rings (SSSR count).